The second kappa shape index (κ2) is 5.91. The number of ketones is 1. The molecule has 0 aliphatic rings. The molecule has 0 saturated heterocycles. The van der Waals surface area contributed by atoms with Gasteiger partial charge in [0.15, 0.2) is 6.61 Å². The van der Waals surface area contributed by atoms with Gasteiger partial charge in [-0.3, -0.25) is 4.79 Å². The molecular weight excluding hydrogens is 242 g/mol. The van der Waals surface area contributed by atoms with E-state index in [0.717, 1.165) is 5.56 Å². The molecule has 0 bridgehead atoms. The lowest BCUT2D eigenvalue weighted by atomic mass is 10.1. The van der Waals surface area contributed by atoms with Gasteiger partial charge in [-0.25, -0.2) is 0 Å². The summed E-state index contributed by atoms with van der Waals surface area (Å²) in [6.07, 6.45) is 0. The molecular formula is C15H13NO3. The number of benzene rings is 2. The van der Waals surface area contributed by atoms with E-state index in [1.165, 1.54) is 6.07 Å². The zero-order valence-electron chi connectivity index (χ0n) is 10.5. The molecule has 0 heterocycles. The van der Waals surface area contributed by atoms with E-state index in [2.05, 4.69) is 5.18 Å². The van der Waals surface area contributed by atoms with Gasteiger partial charge in [0, 0.05) is 0 Å². The Balaban J connectivity index is 2.07. The number of hydrogen-bond acceptors (Lipinski definition) is 4. The van der Waals surface area contributed by atoms with E-state index < -0.39 is 0 Å². The minimum Gasteiger partial charge on any atom is -0.485 e. The first-order valence-corrected chi connectivity index (χ1v) is 5.86. The third-order valence-corrected chi connectivity index (χ3v) is 2.66. The fraction of sp³-hybridized carbons (Fsp3) is 0.133. The van der Waals surface area contributed by atoms with Gasteiger partial charge < -0.3 is 4.74 Å². The van der Waals surface area contributed by atoms with Crippen LogP contribution in [0.5, 0.6) is 5.75 Å². The molecule has 0 aliphatic heterocycles. The fourth-order valence-corrected chi connectivity index (χ4v) is 1.72. The maximum absolute atomic E-state index is 12.0. The molecule has 0 aliphatic carbocycles. The SMILES string of the molecule is Cc1cccc(OCC(=O)c2ccccc2N=O)c1. The molecule has 96 valence electrons. The highest BCUT2D eigenvalue weighted by Gasteiger charge is 2.12. The zero-order chi connectivity index (χ0) is 13.7. The van der Waals surface area contributed by atoms with Crippen LogP contribution < -0.4 is 4.74 Å². The number of Topliss-reactive ketones (excluding diaryl/α,β-unsaturated/α-hetero) is 1. The highest BCUT2D eigenvalue weighted by atomic mass is 16.5. The Bertz CT molecular complexity index is 608. The Kier molecular flexibility index (Phi) is 4.03. The summed E-state index contributed by atoms with van der Waals surface area (Å²) in [5, 5.41) is 2.83. The summed E-state index contributed by atoms with van der Waals surface area (Å²) >= 11 is 0. The predicted octanol–water partition coefficient (Wildman–Crippen LogP) is 3.65. The maximum atomic E-state index is 12.0. The van der Waals surface area contributed by atoms with Crippen LogP contribution in [0.2, 0.25) is 0 Å². The number of carbonyl (C=O) groups excluding carboxylic acids is 1. The summed E-state index contributed by atoms with van der Waals surface area (Å²) < 4.78 is 5.41. The van der Waals surface area contributed by atoms with Crippen LogP contribution in [-0.2, 0) is 0 Å². The molecule has 0 aromatic heterocycles. The third-order valence-electron chi connectivity index (χ3n) is 2.66. The smallest absolute Gasteiger partial charge is 0.202 e. The average Bonchev–Trinajstić information content (AvgIpc) is 2.45. The van der Waals surface area contributed by atoms with Crippen LogP contribution in [0, 0.1) is 11.8 Å². The molecule has 0 radical (unpaired) electrons. The highest BCUT2D eigenvalue weighted by molar-refractivity contribution is 6.01. The molecule has 2 aromatic rings. The van der Waals surface area contributed by atoms with Crippen molar-refractivity contribution in [1.29, 1.82) is 0 Å². The molecule has 0 N–H and O–H groups in total. The molecule has 2 aromatic carbocycles. The molecule has 2 rings (SSSR count). The topological polar surface area (TPSA) is 55.7 Å². The van der Waals surface area contributed by atoms with Crippen molar-refractivity contribution in [1.82, 2.24) is 0 Å². The van der Waals surface area contributed by atoms with E-state index in [-0.39, 0.29) is 23.6 Å². The molecule has 0 unspecified atom stereocenters. The number of nitroso groups, excluding NO2 is 1. The molecule has 0 saturated carbocycles. The van der Waals surface area contributed by atoms with Gasteiger partial charge in [-0.1, -0.05) is 24.3 Å². The van der Waals surface area contributed by atoms with Crippen molar-refractivity contribution in [2.75, 3.05) is 6.61 Å². The normalized spacial score (nSPS) is 9.95. The van der Waals surface area contributed by atoms with E-state index in [9.17, 15) is 9.70 Å². The highest BCUT2D eigenvalue weighted by Crippen LogP contribution is 2.19. The first kappa shape index (κ1) is 13.0. The number of nitrogens with zero attached hydrogens (tertiary/aromatic N) is 1. The van der Waals surface area contributed by atoms with Crippen LogP contribution in [-0.4, -0.2) is 12.4 Å². The minimum atomic E-state index is -0.267. The van der Waals surface area contributed by atoms with Crippen LogP contribution in [0.3, 0.4) is 0 Å². The van der Waals surface area contributed by atoms with Crippen LogP contribution >= 0.6 is 0 Å². The number of ether oxygens (including phenoxy) is 1. The predicted molar refractivity (Wildman–Crippen MR) is 72.9 cm³/mol. The van der Waals surface area contributed by atoms with Gasteiger partial charge in [0.25, 0.3) is 0 Å². The van der Waals surface area contributed by atoms with Crippen LogP contribution in [0.15, 0.2) is 53.7 Å². The molecule has 4 nitrogen and oxygen atoms in total. The van der Waals surface area contributed by atoms with Gasteiger partial charge in [-0.15, -0.1) is 4.91 Å². The van der Waals surface area contributed by atoms with Crippen LogP contribution in [0.25, 0.3) is 0 Å². The van der Waals surface area contributed by atoms with Gasteiger partial charge >= 0.3 is 0 Å². The van der Waals surface area contributed by atoms with E-state index in [4.69, 9.17) is 4.74 Å². The quantitative estimate of drug-likeness (QED) is 0.605. The van der Waals surface area contributed by atoms with Crippen molar-refractivity contribution in [2.45, 2.75) is 6.92 Å². The Labute approximate surface area is 111 Å². The number of rotatable bonds is 5. The second-order valence-corrected chi connectivity index (χ2v) is 4.14. The summed E-state index contributed by atoms with van der Waals surface area (Å²) in [7, 11) is 0. The first-order valence-electron chi connectivity index (χ1n) is 5.86. The van der Waals surface area contributed by atoms with Crippen molar-refractivity contribution in [3.63, 3.8) is 0 Å². The Morgan fingerprint density at radius 2 is 1.95 bits per heavy atom. The molecule has 0 amide bonds. The van der Waals surface area contributed by atoms with E-state index in [1.54, 1.807) is 24.3 Å². The van der Waals surface area contributed by atoms with Gasteiger partial charge in [-0.05, 0) is 41.9 Å². The molecule has 19 heavy (non-hydrogen) atoms. The van der Waals surface area contributed by atoms with Gasteiger partial charge in [0.1, 0.15) is 11.4 Å². The van der Waals surface area contributed by atoms with Crippen molar-refractivity contribution >= 4 is 11.5 Å². The standard InChI is InChI=1S/C15H13NO3/c1-11-5-4-6-12(9-11)19-10-15(17)13-7-2-3-8-14(13)16-18/h2-9H,10H2,1H3. The summed E-state index contributed by atoms with van der Waals surface area (Å²) in [5.41, 5.74) is 1.48. The van der Waals surface area contributed by atoms with Crippen LogP contribution in [0.1, 0.15) is 15.9 Å². The molecule has 0 fully saturated rings. The van der Waals surface area contributed by atoms with Crippen molar-refractivity contribution < 1.29 is 9.53 Å². The third kappa shape index (κ3) is 3.25. The molecule has 4 heteroatoms. The summed E-state index contributed by atoms with van der Waals surface area (Å²) in [4.78, 5) is 22.6. The number of carbonyl (C=O) groups is 1. The van der Waals surface area contributed by atoms with Crippen molar-refractivity contribution in [3.8, 4) is 5.75 Å². The van der Waals surface area contributed by atoms with Crippen molar-refractivity contribution in [3.05, 3.63) is 64.6 Å². The molecule has 0 atom stereocenters. The fourth-order valence-electron chi connectivity index (χ4n) is 1.72. The van der Waals surface area contributed by atoms with Crippen LogP contribution in [0.4, 0.5) is 5.69 Å². The maximum Gasteiger partial charge on any atom is 0.202 e. The first-order chi connectivity index (χ1) is 9.20. The summed E-state index contributed by atoms with van der Waals surface area (Å²) in [6.45, 7) is 1.83. The average molecular weight is 255 g/mol. The Morgan fingerprint density at radius 1 is 1.16 bits per heavy atom. The van der Waals surface area contributed by atoms with Gasteiger partial charge in [-0.2, -0.15) is 0 Å². The minimum absolute atomic E-state index is 0.115. The lowest BCUT2D eigenvalue weighted by Gasteiger charge is -2.06. The monoisotopic (exact) mass is 255 g/mol. The van der Waals surface area contributed by atoms with E-state index in [0.29, 0.717) is 5.75 Å². The molecule has 0 spiro atoms. The lowest BCUT2D eigenvalue weighted by molar-refractivity contribution is 0.0922. The Morgan fingerprint density at radius 3 is 2.68 bits per heavy atom. The van der Waals surface area contributed by atoms with Gasteiger partial charge in [0.05, 0.1) is 5.56 Å². The largest absolute Gasteiger partial charge is 0.485 e. The van der Waals surface area contributed by atoms with Gasteiger partial charge in [0.2, 0.25) is 5.78 Å². The lowest BCUT2D eigenvalue weighted by Crippen LogP contribution is -2.11. The Hall–Kier alpha value is -2.49. The summed E-state index contributed by atoms with van der Waals surface area (Å²) in [6, 6.07) is 13.9. The number of aryl methyl sites for hydroxylation is 1. The number of hydrogen-bond donors (Lipinski definition) is 0. The summed E-state index contributed by atoms with van der Waals surface area (Å²) in [5.74, 6) is 0.363. The second-order valence-electron chi connectivity index (χ2n) is 4.14. The van der Waals surface area contributed by atoms with E-state index >= 15 is 0 Å². The van der Waals surface area contributed by atoms with E-state index in [1.807, 2.05) is 25.1 Å². The van der Waals surface area contributed by atoms with Crippen molar-refractivity contribution in [2.24, 2.45) is 5.18 Å². The zero-order valence-corrected chi connectivity index (χ0v) is 10.5.